The van der Waals surface area contributed by atoms with Crippen LogP contribution in [-0.4, -0.2) is 110 Å². The number of esters is 2. The summed E-state index contributed by atoms with van der Waals surface area (Å²) in [4.78, 5) is 84.3. The summed E-state index contributed by atoms with van der Waals surface area (Å²) in [5.41, 5.74) is -7.01. The van der Waals surface area contributed by atoms with Gasteiger partial charge in [-0.15, -0.1) is 0 Å². The molecule has 1 spiro atoms. The smallest absolute Gasteiger partial charge is 0.454 e. The van der Waals surface area contributed by atoms with Crippen LogP contribution in [0.25, 0.3) is 0 Å². The fraction of sp³-hybridized carbons (Fsp3) is 0.588. The minimum atomic E-state index is -2.17. The van der Waals surface area contributed by atoms with E-state index in [9.17, 15) is 24.0 Å². The van der Waals surface area contributed by atoms with Crippen molar-refractivity contribution in [2.45, 2.75) is 82.8 Å². The second kappa shape index (κ2) is 11.1. The molecular weight excluding hydrogens is 630 g/mol. The number of hydrogen-bond donors (Lipinski definition) is 0. The number of hydrogen-bond acceptors (Lipinski definition) is 13. The van der Waals surface area contributed by atoms with E-state index < -0.39 is 94.2 Å². The third kappa shape index (κ3) is 4.30. The predicted octanol–water partition coefficient (Wildman–Crippen LogP) is 2.80. The monoisotopic (exact) mass is 669 g/mol. The van der Waals surface area contributed by atoms with Gasteiger partial charge in [-0.1, -0.05) is 32.0 Å². The molecule has 48 heavy (non-hydrogen) atoms. The third-order valence-corrected chi connectivity index (χ3v) is 11.0. The average Bonchev–Trinajstić information content (AvgIpc) is 3.39. The summed E-state index contributed by atoms with van der Waals surface area (Å²) in [7, 11) is 4.26. The van der Waals surface area contributed by atoms with Crippen LogP contribution >= 0.6 is 0 Å². The van der Waals surface area contributed by atoms with Gasteiger partial charge in [0.15, 0.2) is 23.6 Å². The average molecular weight is 670 g/mol. The Morgan fingerprint density at radius 1 is 1.00 bits per heavy atom. The van der Waals surface area contributed by atoms with Crippen molar-refractivity contribution in [1.82, 2.24) is 4.90 Å². The summed E-state index contributed by atoms with van der Waals surface area (Å²) in [6.07, 6.45) is -8.96. The molecule has 6 rings (SSSR count). The molecule has 0 aromatic heterocycles. The lowest BCUT2D eigenvalue weighted by molar-refractivity contribution is -0.345. The molecule has 2 aliphatic heterocycles. The number of Topliss-reactive ketones (excluding diaryl/α,β-unsaturated/α-hetero) is 2. The second-order valence-electron chi connectivity index (χ2n) is 14.0. The van der Waals surface area contributed by atoms with Gasteiger partial charge in [0.2, 0.25) is 17.5 Å². The zero-order chi connectivity index (χ0) is 35.1. The Bertz CT molecular complexity index is 1630. The van der Waals surface area contributed by atoms with E-state index >= 15 is 4.79 Å². The first kappa shape index (κ1) is 33.6. The van der Waals surface area contributed by atoms with Gasteiger partial charge in [0.1, 0.15) is 6.10 Å². The van der Waals surface area contributed by atoms with Gasteiger partial charge in [-0.2, -0.15) is 0 Å². The van der Waals surface area contributed by atoms with Crippen LogP contribution in [0.3, 0.4) is 0 Å². The molecule has 14 heteroatoms. The standard InChI is InChI=1S/C34H39NO13/c1-16-21-23(44-29(40)35(6)7)25(38)32(5)19(42-8)14-20-33(15-43-20,47-17(2)36)24(32)27(45-28(39)18-12-10-9-11-13-18)34(31(21,3)4)26(22(16)37)46-30(41)48-34/h9-13,19-20,23-24,26-27H,14-15H2,1-8H3/t19-,20+,23+,24-,26-,27-,32+,33-,34+/m0/s1. The van der Waals surface area contributed by atoms with Crippen LogP contribution in [0.5, 0.6) is 0 Å². The number of ketones is 2. The first-order chi connectivity index (χ1) is 22.5. The van der Waals surface area contributed by atoms with Crippen LogP contribution in [0, 0.1) is 16.7 Å². The lowest BCUT2D eigenvalue weighted by atomic mass is 9.44. The quantitative estimate of drug-likeness (QED) is 0.332. The number of fused-ring (bicyclic) bond motifs is 4. The molecule has 1 aromatic carbocycles. The van der Waals surface area contributed by atoms with Gasteiger partial charge in [0.25, 0.3) is 0 Å². The van der Waals surface area contributed by atoms with Crippen molar-refractivity contribution in [3.8, 4) is 0 Å². The molecule has 2 bridgehead atoms. The predicted molar refractivity (Wildman–Crippen MR) is 161 cm³/mol. The van der Waals surface area contributed by atoms with Crippen molar-refractivity contribution >= 4 is 35.8 Å². The molecule has 2 heterocycles. The van der Waals surface area contributed by atoms with Gasteiger partial charge in [0.05, 0.1) is 29.6 Å². The highest BCUT2D eigenvalue weighted by Crippen LogP contribution is 2.66. The first-order valence-corrected chi connectivity index (χ1v) is 15.7. The van der Waals surface area contributed by atoms with Crippen molar-refractivity contribution < 1.29 is 61.9 Å². The summed E-state index contributed by atoms with van der Waals surface area (Å²) >= 11 is 0. The summed E-state index contributed by atoms with van der Waals surface area (Å²) in [6.45, 7) is 7.19. The molecule has 0 radical (unpaired) electrons. The third-order valence-electron chi connectivity index (χ3n) is 11.0. The van der Waals surface area contributed by atoms with Gasteiger partial charge in [-0.25, -0.2) is 14.4 Å². The van der Waals surface area contributed by atoms with Crippen LogP contribution in [0.15, 0.2) is 41.5 Å². The topological polar surface area (TPSA) is 170 Å². The molecular formula is C34H39NO13. The highest BCUT2D eigenvalue weighted by Gasteiger charge is 2.83. The first-order valence-electron chi connectivity index (χ1n) is 15.7. The van der Waals surface area contributed by atoms with Gasteiger partial charge >= 0.3 is 24.2 Å². The Labute approximate surface area is 276 Å². The molecule has 1 amide bonds. The zero-order valence-electron chi connectivity index (χ0n) is 28.0. The van der Waals surface area contributed by atoms with Gasteiger partial charge in [-0.05, 0) is 31.6 Å². The van der Waals surface area contributed by atoms with Gasteiger partial charge in [0, 0.05) is 45.5 Å². The summed E-state index contributed by atoms with van der Waals surface area (Å²) in [5.74, 6) is -4.41. The van der Waals surface area contributed by atoms with Crippen molar-refractivity contribution in [3.63, 3.8) is 0 Å². The number of carbonyl (C=O) groups excluding carboxylic acids is 6. The minimum absolute atomic E-state index is 0.0170. The highest BCUT2D eigenvalue weighted by atomic mass is 16.8. The van der Waals surface area contributed by atoms with Crippen molar-refractivity contribution in [2.75, 3.05) is 27.8 Å². The number of rotatable bonds is 5. The lowest BCUT2D eigenvalue weighted by Gasteiger charge is -2.67. The Morgan fingerprint density at radius 2 is 1.67 bits per heavy atom. The number of methoxy groups -OCH3 is 1. The number of ether oxygens (including phenoxy) is 7. The Hall–Kier alpha value is -4.30. The fourth-order valence-corrected chi connectivity index (χ4v) is 8.81. The van der Waals surface area contributed by atoms with Crippen LogP contribution < -0.4 is 0 Å². The van der Waals surface area contributed by atoms with E-state index in [2.05, 4.69) is 0 Å². The fourth-order valence-electron chi connectivity index (χ4n) is 8.81. The van der Waals surface area contributed by atoms with E-state index in [0.29, 0.717) is 0 Å². The van der Waals surface area contributed by atoms with Crippen molar-refractivity contribution in [1.29, 1.82) is 0 Å². The molecule has 258 valence electrons. The molecule has 0 unspecified atom stereocenters. The lowest BCUT2D eigenvalue weighted by Crippen LogP contribution is -2.83. The molecule has 9 atom stereocenters. The molecule has 1 aromatic rings. The summed E-state index contributed by atoms with van der Waals surface area (Å²) < 4.78 is 42.1. The summed E-state index contributed by atoms with van der Waals surface area (Å²) in [6, 6.07) is 7.99. The number of amides is 1. The van der Waals surface area contributed by atoms with E-state index in [1.807, 2.05) is 0 Å². The van der Waals surface area contributed by atoms with E-state index in [4.69, 9.17) is 33.2 Å². The Morgan fingerprint density at radius 3 is 2.23 bits per heavy atom. The molecule has 3 aliphatic carbocycles. The summed E-state index contributed by atoms with van der Waals surface area (Å²) in [5, 5.41) is 0. The molecule has 5 aliphatic rings. The van der Waals surface area contributed by atoms with Crippen molar-refractivity contribution in [2.24, 2.45) is 16.7 Å². The van der Waals surface area contributed by atoms with Crippen LogP contribution in [-0.2, 0) is 47.5 Å². The molecule has 4 fully saturated rings. The number of nitrogens with zero attached hydrogens (tertiary/aromatic N) is 1. The van der Waals surface area contributed by atoms with E-state index in [1.54, 1.807) is 39.0 Å². The maximum absolute atomic E-state index is 15.4. The normalized spacial score (nSPS) is 37.6. The minimum Gasteiger partial charge on any atom is -0.454 e. The van der Waals surface area contributed by atoms with E-state index in [0.717, 1.165) is 4.90 Å². The second-order valence-corrected chi connectivity index (χ2v) is 14.0. The SMILES string of the molecule is CO[C@H]1C[C@H]2OC[C@@]2(OC(C)=O)[C@H]2[C@H](OC(=O)c3ccccc3)[C@]34OC(=O)O[C@H]3C(=O)C(C)=C([C@@H](OC(=O)N(C)C)C(=O)[C@]12C)C4(C)C. The van der Waals surface area contributed by atoms with Crippen LogP contribution in [0.1, 0.15) is 51.4 Å². The molecule has 14 nitrogen and oxygen atoms in total. The molecule has 0 N–H and O–H groups in total. The highest BCUT2D eigenvalue weighted by molar-refractivity contribution is 6.06. The maximum Gasteiger partial charge on any atom is 0.510 e. The van der Waals surface area contributed by atoms with Crippen LogP contribution in [0.2, 0.25) is 0 Å². The van der Waals surface area contributed by atoms with Crippen molar-refractivity contribution in [3.05, 3.63) is 47.0 Å². The van der Waals surface area contributed by atoms with E-state index in [-0.39, 0.29) is 29.7 Å². The Balaban J connectivity index is 1.73. The van der Waals surface area contributed by atoms with Gasteiger partial charge in [-0.3, -0.25) is 14.4 Å². The zero-order valence-corrected chi connectivity index (χ0v) is 28.0. The van der Waals surface area contributed by atoms with Crippen LogP contribution in [0.4, 0.5) is 9.59 Å². The van der Waals surface area contributed by atoms with Gasteiger partial charge < -0.3 is 38.1 Å². The number of benzene rings is 1. The Kier molecular flexibility index (Phi) is 7.79. The largest absolute Gasteiger partial charge is 0.510 e. The molecule has 2 saturated carbocycles. The number of carbonyl (C=O) groups is 6. The molecule has 2 saturated heterocycles. The maximum atomic E-state index is 15.4. The van der Waals surface area contributed by atoms with E-state index in [1.165, 1.54) is 47.2 Å².